The molecule has 0 spiro atoms. The van der Waals surface area contributed by atoms with Gasteiger partial charge in [0, 0.05) is 10.8 Å². The van der Waals surface area contributed by atoms with Crippen LogP contribution in [0.3, 0.4) is 0 Å². The van der Waals surface area contributed by atoms with Gasteiger partial charge in [0.2, 0.25) is 0 Å². The quantitative estimate of drug-likeness (QED) is 0.262. The molecule has 0 heterocycles. The molecule has 2 nitrogen and oxygen atoms in total. The van der Waals surface area contributed by atoms with Gasteiger partial charge >= 0.3 is 11.9 Å². The summed E-state index contributed by atoms with van der Waals surface area (Å²) in [6.07, 6.45) is 3.00. The predicted molar refractivity (Wildman–Crippen MR) is 101 cm³/mol. The van der Waals surface area contributed by atoms with E-state index in [-0.39, 0.29) is 6.42 Å². The second-order valence-corrected chi connectivity index (χ2v) is 10.7. The zero-order chi connectivity index (χ0) is 22.1. The Kier molecular flexibility index (Phi) is 7.44. The summed E-state index contributed by atoms with van der Waals surface area (Å²) in [5.41, 5.74) is -4.50. The molecule has 0 aromatic rings. The lowest BCUT2D eigenvalue weighted by Crippen LogP contribution is -2.46. The van der Waals surface area contributed by atoms with Gasteiger partial charge in [0.25, 0.3) is 5.92 Å². The summed E-state index contributed by atoms with van der Waals surface area (Å²) in [5.74, 6) is -8.15. The third-order valence-electron chi connectivity index (χ3n) is 4.68. The lowest BCUT2D eigenvalue weighted by molar-refractivity contribution is -0.201. The zero-order valence-corrected chi connectivity index (χ0v) is 18.4. The highest BCUT2D eigenvalue weighted by Crippen LogP contribution is 2.40. The number of alkyl halides is 4. The van der Waals surface area contributed by atoms with E-state index in [2.05, 4.69) is 0 Å². The van der Waals surface area contributed by atoms with E-state index in [1.165, 1.54) is 47.6 Å². The summed E-state index contributed by atoms with van der Waals surface area (Å²) in [6, 6.07) is 0. The van der Waals surface area contributed by atoms with Crippen LogP contribution in [0, 0.1) is 16.2 Å². The lowest BCUT2D eigenvalue weighted by atomic mass is 9.81. The second-order valence-electron chi connectivity index (χ2n) is 10.7. The molecule has 160 valence electrons. The highest BCUT2D eigenvalue weighted by Gasteiger charge is 2.53. The first-order valence-electron chi connectivity index (χ1n) is 9.24. The molecule has 0 aliphatic carbocycles. The second kappa shape index (κ2) is 7.75. The maximum absolute atomic E-state index is 14.1. The van der Waals surface area contributed by atoms with Crippen molar-refractivity contribution >= 4 is 5.97 Å². The molecular formula is C21H36F4O2. The Balaban J connectivity index is 5.06. The van der Waals surface area contributed by atoms with Crippen LogP contribution < -0.4 is 0 Å². The molecule has 0 saturated carbocycles. The molecule has 0 aliphatic rings. The highest BCUT2D eigenvalue weighted by atomic mass is 19.3. The van der Waals surface area contributed by atoms with Crippen molar-refractivity contribution in [1.29, 1.82) is 0 Å². The number of allylic oxidation sites excluding steroid dienone is 2. The van der Waals surface area contributed by atoms with Gasteiger partial charge in [0.1, 0.15) is 5.60 Å². The van der Waals surface area contributed by atoms with Gasteiger partial charge in [-0.05, 0) is 38.2 Å². The molecule has 0 atom stereocenters. The topological polar surface area (TPSA) is 26.3 Å². The number of carbonyl (C=O) groups excluding carboxylic acids is 1. The fourth-order valence-electron chi connectivity index (χ4n) is 1.96. The number of carbonyl (C=O) groups is 1. The largest absolute Gasteiger partial charge is 0.455 e. The molecule has 0 radical (unpaired) electrons. The van der Waals surface area contributed by atoms with E-state index < -0.39 is 39.7 Å². The van der Waals surface area contributed by atoms with Gasteiger partial charge in [-0.25, -0.2) is 13.6 Å². The molecule has 0 aromatic carbocycles. The summed E-state index contributed by atoms with van der Waals surface area (Å²) in [6.45, 7) is 14.8. The number of halogens is 4. The normalized spacial score (nSPS) is 15.3. The smallest absolute Gasteiger partial charge is 0.378 e. The number of rotatable bonds is 7. The minimum Gasteiger partial charge on any atom is -0.455 e. The molecule has 0 N–H and O–H groups in total. The van der Waals surface area contributed by atoms with Crippen LogP contribution in [-0.2, 0) is 9.53 Å². The first-order chi connectivity index (χ1) is 11.5. The van der Waals surface area contributed by atoms with Crippen LogP contribution in [-0.4, -0.2) is 23.4 Å². The first kappa shape index (κ1) is 25.9. The van der Waals surface area contributed by atoms with Crippen LogP contribution in [0.1, 0.15) is 82.1 Å². The average Bonchev–Trinajstić information content (AvgIpc) is 2.41. The monoisotopic (exact) mass is 396 g/mol. The summed E-state index contributed by atoms with van der Waals surface area (Å²) in [7, 11) is 0. The Morgan fingerprint density at radius 1 is 0.741 bits per heavy atom. The molecular weight excluding hydrogens is 360 g/mol. The van der Waals surface area contributed by atoms with Crippen LogP contribution >= 0.6 is 0 Å². The molecule has 6 heteroatoms. The molecule has 0 saturated heterocycles. The summed E-state index contributed by atoms with van der Waals surface area (Å²) < 4.78 is 61.5. The van der Waals surface area contributed by atoms with E-state index >= 15 is 0 Å². The summed E-state index contributed by atoms with van der Waals surface area (Å²) >= 11 is 0. The minimum atomic E-state index is -3.62. The van der Waals surface area contributed by atoms with Crippen molar-refractivity contribution < 1.29 is 27.1 Å². The predicted octanol–water partition coefficient (Wildman–Crippen LogP) is 7.03. The Bertz CT molecular complexity index is 548. The summed E-state index contributed by atoms with van der Waals surface area (Å²) in [4.78, 5) is 11.9. The summed E-state index contributed by atoms with van der Waals surface area (Å²) in [5, 5.41) is 0. The van der Waals surface area contributed by atoms with Crippen LogP contribution in [0.2, 0.25) is 0 Å². The van der Waals surface area contributed by atoms with Crippen molar-refractivity contribution in [2.75, 3.05) is 0 Å². The fraction of sp³-hybridized carbons (Fsp3) is 0.857. The highest BCUT2D eigenvalue weighted by molar-refractivity contribution is 5.78. The molecule has 0 aliphatic heterocycles. The third kappa shape index (κ3) is 7.46. The van der Waals surface area contributed by atoms with E-state index in [0.717, 1.165) is 6.08 Å². The van der Waals surface area contributed by atoms with Crippen LogP contribution in [0.25, 0.3) is 0 Å². The van der Waals surface area contributed by atoms with Crippen LogP contribution in [0.4, 0.5) is 17.6 Å². The van der Waals surface area contributed by atoms with Gasteiger partial charge in [0.05, 0.1) is 0 Å². The number of hydrogen-bond acceptors (Lipinski definition) is 2. The van der Waals surface area contributed by atoms with Crippen molar-refractivity contribution in [3.05, 3.63) is 12.2 Å². The molecule has 0 rings (SSSR count). The Morgan fingerprint density at radius 2 is 1.19 bits per heavy atom. The Labute approximate surface area is 161 Å². The van der Waals surface area contributed by atoms with Gasteiger partial charge in [0.15, 0.2) is 0 Å². The van der Waals surface area contributed by atoms with Crippen molar-refractivity contribution in [3.63, 3.8) is 0 Å². The van der Waals surface area contributed by atoms with E-state index in [4.69, 9.17) is 4.74 Å². The fourth-order valence-corrected chi connectivity index (χ4v) is 1.96. The van der Waals surface area contributed by atoms with Gasteiger partial charge in [-0.15, -0.1) is 0 Å². The van der Waals surface area contributed by atoms with Gasteiger partial charge < -0.3 is 4.74 Å². The van der Waals surface area contributed by atoms with E-state index in [1.807, 2.05) is 0 Å². The van der Waals surface area contributed by atoms with Crippen molar-refractivity contribution in [1.82, 2.24) is 0 Å². The molecule has 0 fully saturated rings. The maximum atomic E-state index is 14.1. The van der Waals surface area contributed by atoms with Crippen molar-refractivity contribution in [2.24, 2.45) is 16.2 Å². The van der Waals surface area contributed by atoms with Crippen molar-refractivity contribution in [3.8, 4) is 0 Å². The third-order valence-corrected chi connectivity index (χ3v) is 4.68. The van der Waals surface area contributed by atoms with Crippen molar-refractivity contribution in [2.45, 2.75) is 99.5 Å². The van der Waals surface area contributed by atoms with Gasteiger partial charge in [-0.3, -0.25) is 0 Å². The molecule has 0 bridgehead atoms. The Morgan fingerprint density at radius 3 is 1.56 bits per heavy atom. The SMILES string of the molecule is CC(C)(/C=C\C(F)(F)C(C)(C)C)CCC(C)(C)OC(=O)C(F)(F)C(C)(C)C. The Hall–Kier alpha value is -1.07. The molecule has 0 amide bonds. The first-order valence-corrected chi connectivity index (χ1v) is 9.24. The maximum Gasteiger partial charge on any atom is 0.378 e. The standard InChI is InChI=1S/C21H36F4O2/c1-16(2,3)20(22,23)14-12-18(7,8)11-13-19(9,10)27-15(26)21(24,25)17(4,5)6/h12,14H,11,13H2,1-10H3/b14-12-. The zero-order valence-electron chi connectivity index (χ0n) is 18.4. The number of esters is 1. The van der Waals surface area contributed by atoms with Gasteiger partial charge in [-0.1, -0.05) is 61.5 Å². The van der Waals surface area contributed by atoms with Crippen LogP contribution in [0.15, 0.2) is 12.2 Å². The molecule has 0 unspecified atom stereocenters. The average molecular weight is 397 g/mol. The number of ether oxygens (including phenoxy) is 1. The van der Waals surface area contributed by atoms with E-state index in [1.54, 1.807) is 27.7 Å². The minimum absolute atomic E-state index is 0.261. The lowest BCUT2D eigenvalue weighted by Gasteiger charge is -2.34. The van der Waals surface area contributed by atoms with E-state index in [0.29, 0.717) is 6.42 Å². The van der Waals surface area contributed by atoms with E-state index in [9.17, 15) is 22.4 Å². The van der Waals surface area contributed by atoms with Crippen LogP contribution in [0.5, 0.6) is 0 Å². The van der Waals surface area contributed by atoms with Gasteiger partial charge in [-0.2, -0.15) is 8.78 Å². The molecule has 0 aromatic heterocycles. The number of hydrogen-bond donors (Lipinski definition) is 0. The molecule has 27 heavy (non-hydrogen) atoms.